The monoisotopic (exact) mass is 307 g/mol. The number of halogens is 2. The third kappa shape index (κ3) is 3.79. The topological polar surface area (TPSA) is 66.4 Å². The third-order valence-corrected chi connectivity index (χ3v) is 3.07. The van der Waals surface area contributed by atoms with Crippen molar-refractivity contribution >= 4 is 29.2 Å². The van der Waals surface area contributed by atoms with Gasteiger partial charge in [0.1, 0.15) is 11.4 Å². The molecule has 0 heterocycles. The first-order valence-corrected chi connectivity index (χ1v) is 6.41. The Balaban J connectivity index is 2.17. The highest BCUT2D eigenvalue weighted by Crippen LogP contribution is 2.24. The standard InChI is InChI=1S/C15H11ClFNO3/c16-11-5-2-6-12(14(11)15(20)21)18-13(19)8-9-3-1-4-10(17)7-9/h1-7H,8H2,(H,18,19)(H,20,21). The van der Waals surface area contributed by atoms with Gasteiger partial charge in [-0.25, -0.2) is 9.18 Å². The lowest BCUT2D eigenvalue weighted by atomic mass is 10.1. The van der Waals surface area contributed by atoms with Gasteiger partial charge in [-0.3, -0.25) is 4.79 Å². The first-order valence-electron chi connectivity index (χ1n) is 6.03. The highest BCUT2D eigenvalue weighted by molar-refractivity contribution is 6.34. The van der Waals surface area contributed by atoms with E-state index in [1.807, 2.05) is 0 Å². The Morgan fingerprint density at radius 2 is 1.90 bits per heavy atom. The Morgan fingerprint density at radius 3 is 2.57 bits per heavy atom. The van der Waals surface area contributed by atoms with Crippen molar-refractivity contribution in [2.75, 3.05) is 5.32 Å². The van der Waals surface area contributed by atoms with Gasteiger partial charge in [0.15, 0.2) is 0 Å². The Labute approximate surface area is 125 Å². The Bertz CT molecular complexity index is 703. The van der Waals surface area contributed by atoms with Crippen LogP contribution in [-0.2, 0) is 11.2 Å². The smallest absolute Gasteiger partial charge is 0.339 e. The first-order chi connectivity index (χ1) is 9.97. The Morgan fingerprint density at radius 1 is 1.19 bits per heavy atom. The molecule has 2 aromatic rings. The first kappa shape index (κ1) is 15.0. The molecule has 2 aromatic carbocycles. The van der Waals surface area contributed by atoms with Crippen molar-refractivity contribution in [2.45, 2.75) is 6.42 Å². The van der Waals surface area contributed by atoms with Crippen LogP contribution in [0.5, 0.6) is 0 Å². The number of hydrogen-bond acceptors (Lipinski definition) is 2. The van der Waals surface area contributed by atoms with Crippen molar-refractivity contribution in [3.8, 4) is 0 Å². The zero-order valence-corrected chi connectivity index (χ0v) is 11.5. The Hall–Kier alpha value is -2.40. The molecule has 0 spiro atoms. The zero-order valence-electron chi connectivity index (χ0n) is 10.8. The van der Waals surface area contributed by atoms with Crippen LogP contribution in [0, 0.1) is 5.82 Å². The molecule has 0 radical (unpaired) electrons. The molecule has 0 atom stereocenters. The van der Waals surface area contributed by atoms with Gasteiger partial charge in [-0.1, -0.05) is 29.8 Å². The quantitative estimate of drug-likeness (QED) is 0.910. The fraction of sp³-hybridized carbons (Fsp3) is 0.0667. The summed E-state index contributed by atoms with van der Waals surface area (Å²) < 4.78 is 13.0. The van der Waals surface area contributed by atoms with Crippen LogP contribution in [-0.4, -0.2) is 17.0 Å². The van der Waals surface area contributed by atoms with E-state index in [4.69, 9.17) is 16.7 Å². The average molecular weight is 308 g/mol. The molecule has 4 nitrogen and oxygen atoms in total. The van der Waals surface area contributed by atoms with Gasteiger partial charge in [0.2, 0.25) is 5.91 Å². The van der Waals surface area contributed by atoms with E-state index >= 15 is 0 Å². The maximum absolute atomic E-state index is 13.0. The predicted molar refractivity (Wildman–Crippen MR) is 77.1 cm³/mol. The van der Waals surface area contributed by atoms with Crippen LogP contribution < -0.4 is 5.32 Å². The van der Waals surface area contributed by atoms with E-state index in [0.29, 0.717) is 5.56 Å². The van der Waals surface area contributed by atoms with Crippen molar-refractivity contribution in [1.29, 1.82) is 0 Å². The van der Waals surface area contributed by atoms with E-state index in [0.717, 1.165) is 0 Å². The molecular formula is C15H11ClFNO3. The number of carbonyl (C=O) groups excluding carboxylic acids is 1. The zero-order chi connectivity index (χ0) is 15.4. The molecule has 0 saturated carbocycles. The number of nitrogens with one attached hydrogen (secondary N) is 1. The molecule has 0 saturated heterocycles. The van der Waals surface area contributed by atoms with Crippen LogP contribution >= 0.6 is 11.6 Å². The van der Waals surface area contributed by atoms with Crippen LogP contribution in [0.4, 0.5) is 10.1 Å². The van der Waals surface area contributed by atoms with Gasteiger partial charge >= 0.3 is 5.97 Å². The molecule has 0 bridgehead atoms. The van der Waals surface area contributed by atoms with E-state index < -0.39 is 17.7 Å². The minimum atomic E-state index is -1.23. The number of carboxylic acids is 1. The minimum Gasteiger partial charge on any atom is -0.478 e. The second-order valence-corrected chi connectivity index (χ2v) is 4.73. The molecule has 2 N–H and O–H groups in total. The molecule has 2 rings (SSSR count). The van der Waals surface area contributed by atoms with Crippen molar-refractivity contribution < 1.29 is 19.1 Å². The van der Waals surface area contributed by atoms with Gasteiger partial charge in [0.05, 0.1) is 17.1 Å². The molecule has 108 valence electrons. The van der Waals surface area contributed by atoms with Gasteiger partial charge in [0.25, 0.3) is 0 Å². The van der Waals surface area contributed by atoms with Crippen molar-refractivity contribution in [3.63, 3.8) is 0 Å². The maximum atomic E-state index is 13.0. The van der Waals surface area contributed by atoms with Crippen molar-refractivity contribution in [2.24, 2.45) is 0 Å². The molecule has 21 heavy (non-hydrogen) atoms. The summed E-state index contributed by atoms with van der Waals surface area (Å²) in [6, 6.07) is 10.0. The number of anilines is 1. The molecule has 1 amide bonds. The number of benzene rings is 2. The molecular weight excluding hydrogens is 297 g/mol. The average Bonchev–Trinajstić information content (AvgIpc) is 2.37. The second-order valence-electron chi connectivity index (χ2n) is 4.32. The fourth-order valence-electron chi connectivity index (χ4n) is 1.87. The summed E-state index contributed by atoms with van der Waals surface area (Å²) in [6.45, 7) is 0. The minimum absolute atomic E-state index is 0.0334. The van der Waals surface area contributed by atoms with Gasteiger partial charge in [-0.05, 0) is 29.8 Å². The van der Waals surface area contributed by atoms with Crippen LogP contribution in [0.25, 0.3) is 0 Å². The van der Waals surface area contributed by atoms with E-state index in [2.05, 4.69) is 5.32 Å². The SMILES string of the molecule is O=C(Cc1cccc(F)c1)Nc1cccc(Cl)c1C(=O)O. The lowest BCUT2D eigenvalue weighted by molar-refractivity contribution is -0.115. The lowest BCUT2D eigenvalue weighted by Gasteiger charge is -2.09. The van der Waals surface area contributed by atoms with Gasteiger partial charge in [0, 0.05) is 0 Å². The summed E-state index contributed by atoms with van der Waals surface area (Å²) in [5.74, 6) is -2.12. The number of aromatic carboxylic acids is 1. The van der Waals surface area contributed by atoms with Crippen LogP contribution in [0.2, 0.25) is 5.02 Å². The molecule has 0 aromatic heterocycles. The molecule has 0 aliphatic heterocycles. The Kier molecular flexibility index (Phi) is 4.55. The molecule has 0 aliphatic carbocycles. The number of carboxylic acid groups (broad SMARTS) is 1. The van der Waals surface area contributed by atoms with E-state index in [-0.39, 0.29) is 22.7 Å². The van der Waals surface area contributed by atoms with Gasteiger partial charge < -0.3 is 10.4 Å². The molecule has 0 aliphatic rings. The fourth-order valence-corrected chi connectivity index (χ4v) is 2.13. The van der Waals surface area contributed by atoms with Crippen LogP contribution in [0.3, 0.4) is 0 Å². The van der Waals surface area contributed by atoms with E-state index in [9.17, 15) is 14.0 Å². The number of rotatable bonds is 4. The van der Waals surface area contributed by atoms with E-state index in [1.54, 1.807) is 6.07 Å². The summed E-state index contributed by atoms with van der Waals surface area (Å²) in [5, 5.41) is 11.6. The second kappa shape index (κ2) is 6.37. The van der Waals surface area contributed by atoms with Crippen molar-refractivity contribution in [1.82, 2.24) is 0 Å². The summed E-state index contributed by atoms with van der Waals surface area (Å²) >= 11 is 5.81. The van der Waals surface area contributed by atoms with E-state index in [1.165, 1.54) is 36.4 Å². The van der Waals surface area contributed by atoms with Crippen LogP contribution in [0.1, 0.15) is 15.9 Å². The molecule has 0 unspecified atom stereocenters. The highest BCUT2D eigenvalue weighted by atomic mass is 35.5. The number of hydrogen-bond donors (Lipinski definition) is 2. The van der Waals surface area contributed by atoms with Crippen LogP contribution in [0.15, 0.2) is 42.5 Å². The summed E-state index contributed by atoms with van der Waals surface area (Å²) in [4.78, 5) is 23.1. The number of amides is 1. The summed E-state index contributed by atoms with van der Waals surface area (Å²) in [5.41, 5.74) is 0.426. The normalized spacial score (nSPS) is 10.2. The largest absolute Gasteiger partial charge is 0.478 e. The molecule has 6 heteroatoms. The maximum Gasteiger partial charge on any atom is 0.339 e. The number of carbonyl (C=O) groups is 2. The molecule has 0 fully saturated rings. The summed E-state index contributed by atoms with van der Waals surface area (Å²) in [7, 11) is 0. The highest BCUT2D eigenvalue weighted by Gasteiger charge is 2.16. The van der Waals surface area contributed by atoms with Crippen molar-refractivity contribution in [3.05, 3.63) is 64.4 Å². The van der Waals surface area contributed by atoms with Gasteiger partial charge in [-0.15, -0.1) is 0 Å². The summed E-state index contributed by atoms with van der Waals surface area (Å²) in [6.07, 6.45) is -0.0661. The third-order valence-electron chi connectivity index (χ3n) is 2.76. The van der Waals surface area contributed by atoms with Gasteiger partial charge in [-0.2, -0.15) is 0 Å². The lowest BCUT2D eigenvalue weighted by Crippen LogP contribution is -2.17. The predicted octanol–water partition coefficient (Wildman–Crippen LogP) is 3.36.